The predicted octanol–water partition coefficient (Wildman–Crippen LogP) is 2.74. The lowest BCUT2D eigenvalue weighted by atomic mass is 10.3. The van der Waals surface area contributed by atoms with Gasteiger partial charge in [-0.2, -0.15) is 0 Å². The van der Waals surface area contributed by atoms with Crippen LogP contribution in [0.15, 0.2) is 11.1 Å². The van der Waals surface area contributed by atoms with Gasteiger partial charge in [-0.05, 0) is 19.3 Å². The minimum atomic E-state index is 0.401. The second-order valence-electron chi connectivity index (χ2n) is 4.45. The number of ether oxygens (including phenoxy) is 1. The van der Waals surface area contributed by atoms with E-state index < -0.39 is 0 Å². The molecule has 1 saturated heterocycles. The van der Waals surface area contributed by atoms with E-state index in [0.29, 0.717) is 6.10 Å². The molecule has 0 aromatic carbocycles. The molecule has 1 atom stereocenters. The van der Waals surface area contributed by atoms with Gasteiger partial charge in [-0.3, -0.25) is 0 Å². The number of aromatic nitrogens is 2. The van der Waals surface area contributed by atoms with Crippen LogP contribution in [0.2, 0.25) is 0 Å². The fraction of sp³-hybridized carbons (Fsp3) is 0.692. The number of nitrogens with one attached hydrogen (secondary N) is 1. The highest BCUT2D eigenvalue weighted by Crippen LogP contribution is 2.24. The second kappa shape index (κ2) is 6.95. The third kappa shape index (κ3) is 3.85. The summed E-state index contributed by atoms with van der Waals surface area (Å²) in [5.41, 5.74) is 0. The summed E-state index contributed by atoms with van der Waals surface area (Å²) in [6, 6.07) is 2.01. The topological polar surface area (TPSA) is 47.0 Å². The first kappa shape index (κ1) is 13.6. The molecule has 2 heterocycles. The second-order valence-corrected chi connectivity index (χ2v) is 5.49. The summed E-state index contributed by atoms with van der Waals surface area (Å²) in [6.45, 7) is 3.06. The molecule has 5 heteroatoms. The predicted molar refractivity (Wildman–Crippen MR) is 75.3 cm³/mol. The normalized spacial score (nSPS) is 19.1. The lowest BCUT2D eigenvalue weighted by molar-refractivity contribution is 0.129. The Bertz CT molecular complexity index is 380. The van der Waals surface area contributed by atoms with Gasteiger partial charge >= 0.3 is 0 Å². The van der Waals surface area contributed by atoms with E-state index in [1.807, 2.05) is 13.1 Å². The van der Waals surface area contributed by atoms with E-state index in [9.17, 15) is 0 Å². The van der Waals surface area contributed by atoms with Crippen molar-refractivity contribution in [3.05, 3.63) is 11.9 Å². The van der Waals surface area contributed by atoms with Crippen LogP contribution in [-0.2, 0) is 11.2 Å². The number of aryl methyl sites for hydroxylation is 1. The molecule has 1 fully saturated rings. The molecule has 100 valence electrons. The van der Waals surface area contributed by atoms with Crippen LogP contribution in [0.3, 0.4) is 0 Å². The van der Waals surface area contributed by atoms with Crippen molar-refractivity contribution in [1.29, 1.82) is 0 Å². The van der Waals surface area contributed by atoms with E-state index in [-0.39, 0.29) is 0 Å². The van der Waals surface area contributed by atoms with E-state index >= 15 is 0 Å². The quantitative estimate of drug-likeness (QED) is 0.634. The van der Waals surface area contributed by atoms with Crippen molar-refractivity contribution >= 4 is 17.6 Å². The highest BCUT2D eigenvalue weighted by Gasteiger charge is 2.16. The van der Waals surface area contributed by atoms with Crippen molar-refractivity contribution in [3.8, 4) is 0 Å². The van der Waals surface area contributed by atoms with Gasteiger partial charge in [0.2, 0.25) is 0 Å². The van der Waals surface area contributed by atoms with Gasteiger partial charge in [0.25, 0.3) is 0 Å². The molecule has 1 aromatic rings. The Balaban J connectivity index is 1.98. The summed E-state index contributed by atoms with van der Waals surface area (Å²) >= 11 is 1.77. The molecule has 4 nitrogen and oxygen atoms in total. The Morgan fingerprint density at radius 2 is 2.39 bits per heavy atom. The lowest BCUT2D eigenvalue weighted by Gasteiger charge is -2.10. The van der Waals surface area contributed by atoms with E-state index in [1.165, 1.54) is 12.8 Å². The average molecular weight is 267 g/mol. The molecule has 0 radical (unpaired) electrons. The summed E-state index contributed by atoms with van der Waals surface area (Å²) in [5, 5.41) is 4.15. The number of hydrogen-bond donors (Lipinski definition) is 1. The van der Waals surface area contributed by atoms with E-state index in [4.69, 9.17) is 4.74 Å². The molecule has 18 heavy (non-hydrogen) atoms. The molecule has 0 bridgehead atoms. The monoisotopic (exact) mass is 267 g/mol. The summed E-state index contributed by atoms with van der Waals surface area (Å²) in [4.78, 5) is 9.04. The van der Waals surface area contributed by atoms with Gasteiger partial charge in [0.1, 0.15) is 16.7 Å². The number of hydrogen-bond acceptors (Lipinski definition) is 5. The summed E-state index contributed by atoms with van der Waals surface area (Å²) in [6.07, 6.45) is 4.78. The van der Waals surface area contributed by atoms with Crippen LogP contribution >= 0.6 is 11.8 Å². The summed E-state index contributed by atoms with van der Waals surface area (Å²) in [5.74, 6) is 2.83. The maximum absolute atomic E-state index is 5.63. The molecule has 0 saturated carbocycles. The molecular formula is C13H21N3OS. The minimum absolute atomic E-state index is 0.401. The SMILES string of the molecule is CCCc1nc(NC)cc(SCC2CCCO2)n1. The van der Waals surface area contributed by atoms with Crippen molar-refractivity contribution in [2.75, 3.05) is 24.7 Å². The molecule has 0 spiro atoms. The molecule has 1 aromatic heterocycles. The van der Waals surface area contributed by atoms with Crippen LogP contribution in [0, 0.1) is 0 Å². The Labute approximate surface area is 113 Å². The van der Waals surface area contributed by atoms with Gasteiger partial charge in [-0.1, -0.05) is 6.92 Å². The van der Waals surface area contributed by atoms with Crippen molar-refractivity contribution < 1.29 is 4.74 Å². The Morgan fingerprint density at radius 1 is 1.50 bits per heavy atom. The number of anilines is 1. The van der Waals surface area contributed by atoms with E-state index in [0.717, 1.165) is 41.9 Å². The first-order valence-corrected chi connectivity index (χ1v) is 7.60. The number of nitrogens with zero attached hydrogens (tertiary/aromatic N) is 2. The zero-order chi connectivity index (χ0) is 12.8. The molecule has 1 aliphatic heterocycles. The molecule has 0 aliphatic carbocycles. The Hall–Kier alpha value is -0.810. The standard InChI is InChI=1S/C13H21N3OS/c1-3-5-11-15-12(14-2)8-13(16-11)18-9-10-6-4-7-17-10/h8,10H,3-7,9H2,1-2H3,(H,14,15,16). The zero-order valence-electron chi connectivity index (χ0n) is 11.1. The first-order chi connectivity index (χ1) is 8.81. The fourth-order valence-electron chi connectivity index (χ4n) is 1.96. The van der Waals surface area contributed by atoms with Crippen molar-refractivity contribution in [2.24, 2.45) is 0 Å². The van der Waals surface area contributed by atoms with Gasteiger partial charge < -0.3 is 10.1 Å². The molecule has 2 rings (SSSR count). The van der Waals surface area contributed by atoms with Gasteiger partial charge in [0.05, 0.1) is 6.10 Å². The van der Waals surface area contributed by atoms with Gasteiger partial charge in [-0.15, -0.1) is 11.8 Å². The van der Waals surface area contributed by atoms with Crippen LogP contribution in [0.25, 0.3) is 0 Å². The molecule has 1 aliphatic rings. The summed E-state index contributed by atoms with van der Waals surface area (Å²) < 4.78 is 5.63. The third-order valence-electron chi connectivity index (χ3n) is 2.92. The average Bonchev–Trinajstić information content (AvgIpc) is 2.89. The minimum Gasteiger partial charge on any atom is -0.377 e. The Morgan fingerprint density at radius 3 is 3.06 bits per heavy atom. The highest BCUT2D eigenvalue weighted by atomic mass is 32.2. The maximum Gasteiger partial charge on any atom is 0.132 e. The van der Waals surface area contributed by atoms with Crippen LogP contribution in [-0.4, -0.2) is 35.5 Å². The number of thioether (sulfide) groups is 1. The van der Waals surface area contributed by atoms with Crippen LogP contribution in [0.4, 0.5) is 5.82 Å². The van der Waals surface area contributed by atoms with Crippen molar-refractivity contribution in [3.63, 3.8) is 0 Å². The van der Waals surface area contributed by atoms with Gasteiger partial charge in [0.15, 0.2) is 0 Å². The molecule has 1 unspecified atom stereocenters. The first-order valence-electron chi connectivity index (χ1n) is 6.62. The zero-order valence-corrected chi connectivity index (χ0v) is 11.9. The highest BCUT2D eigenvalue weighted by molar-refractivity contribution is 7.99. The number of rotatable bonds is 6. The van der Waals surface area contributed by atoms with Crippen LogP contribution < -0.4 is 5.32 Å². The molecule has 0 amide bonds. The Kier molecular flexibility index (Phi) is 5.26. The van der Waals surface area contributed by atoms with Gasteiger partial charge in [0, 0.05) is 31.9 Å². The fourth-order valence-corrected chi connectivity index (χ4v) is 2.95. The molecular weight excluding hydrogens is 246 g/mol. The van der Waals surface area contributed by atoms with Crippen molar-refractivity contribution in [1.82, 2.24) is 9.97 Å². The lowest BCUT2D eigenvalue weighted by Crippen LogP contribution is -2.08. The van der Waals surface area contributed by atoms with E-state index in [1.54, 1.807) is 11.8 Å². The summed E-state index contributed by atoms with van der Waals surface area (Å²) in [7, 11) is 1.90. The van der Waals surface area contributed by atoms with Crippen LogP contribution in [0.1, 0.15) is 32.0 Å². The molecule has 1 N–H and O–H groups in total. The van der Waals surface area contributed by atoms with Crippen LogP contribution in [0.5, 0.6) is 0 Å². The largest absolute Gasteiger partial charge is 0.377 e. The maximum atomic E-state index is 5.63. The smallest absolute Gasteiger partial charge is 0.132 e. The van der Waals surface area contributed by atoms with Crippen molar-refractivity contribution in [2.45, 2.75) is 43.7 Å². The third-order valence-corrected chi connectivity index (χ3v) is 3.96. The van der Waals surface area contributed by atoms with E-state index in [2.05, 4.69) is 22.2 Å². The van der Waals surface area contributed by atoms with Gasteiger partial charge in [-0.25, -0.2) is 9.97 Å².